The Hall–Kier alpha value is -2.27. The molecule has 102 valence electrons. The number of carbonyl (C=O) groups excluding carboxylic acids is 1. The number of benzene rings is 1. The summed E-state index contributed by atoms with van der Waals surface area (Å²) in [5, 5.41) is 0. The number of rotatable bonds is 4. The van der Waals surface area contributed by atoms with Gasteiger partial charge in [0, 0.05) is 6.54 Å². The molecule has 0 aromatic heterocycles. The zero-order chi connectivity index (χ0) is 14.4. The Kier molecular flexibility index (Phi) is 4.42. The Labute approximate surface area is 120 Å². The van der Waals surface area contributed by atoms with E-state index in [1.165, 1.54) is 0 Å². The highest BCUT2D eigenvalue weighted by molar-refractivity contribution is 5.86. The number of allylic oxidation sites excluding steroid dienone is 2. The first-order chi connectivity index (χ1) is 9.65. The molecule has 0 N–H and O–H groups in total. The minimum absolute atomic E-state index is 0.0477. The SMILES string of the molecule is C#CCN(Cc1ccccc1)C(=O)C1(C)C=CCC=C1. The van der Waals surface area contributed by atoms with Gasteiger partial charge in [0.1, 0.15) is 0 Å². The average Bonchev–Trinajstić information content (AvgIpc) is 2.48. The van der Waals surface area contributed by atoms with Gasteiger partial charge >= 0.3 is 0 Å². The fourth-order valence-corrected chi connectivity index (χ4v) is 2.36. The normalized spacial score (nSPS) is 15.6. The quantitative estimate of drug-likeness (QED) is 0.605. The van der Waals surface area contributed by atoms with E-state index in [0.717, 1.165) is 12.0 Å². The molecule has 2 rings (SSSR count). The number of terminal acetylenes is 1. The van der Waals surface area contributed by atoms with Crippen LogP contribution < -0.4 is 0 Å². The molecule has 0 saturated carbocycles. The molecule has 0 heterocycles. The van der Waals surface area contributed by atoms with E-state index in [1.807, 2.05) is 61.6 Å². The lowest BCUT2D eigenvalue weighted by Crippen LogP contribution is -2.40. The van der Waals surface area contributed by atoms with Gasteiger partial charge in [-0.25, -0.2) is 0 Å². The van der Waals surface area contributed by atoms with E-state index >= 15 is 0 Å². The topological polar surface area (TPSA) is 20.3 Å². The van der Waals surface area contributed by atoms with Crippen LogP contribution in [0.3, 0.4) is 0 Å². The number of carbonyl (C=O) groups is 1. The van der Waals surface area contributed by atoms with Crippen LogP contribution in [-0.4, -0.2) is 17.4 Å². The first-order valence-corrected chi connectivity index (χ1v) is 6.78. The fraction of sp³-hybridized carbons (Fsp3) is 0.278. The highest BCUT2D eigenvalue weighted by atomic mass is 16.2. The third-order valence-corrected chi connectivity index (χ3v) is 3.45. The first kappa shape index (κ1) is 14.1. The Morgan fingerprint density at radius 2 is 1.95 bits per heavy atom. The van der Waals surface area contributed by atoms with E-state index in [0.29, 0.717) is 13.1 Å². The van der Waals surface area contributed by atoms with E-state index in [9.17, 15) is 4.79 Å². The van der Waals surface area contributed by atoms with Crippen molar-refractivity contribution in [3.63, 3.8) is 0 Å². The molecule has 0 bridgehead atoms. The highest BCUT2D eigenvalue weighted by Gasteiger charge is 2.32. The highest BCUT2D eigenvalue weighted by Crippen LogP contribution is 2.28. The summed E-state index contributed by atoms with van der Waals surface area (Å²) in [7, 11) is 0. The van der Waals surface area contributed by atoms with Crippen molar-refractivity contribution in [1.82, 2.24) is 4.90 Å². The summed E-state index contributed by atoms with van der Waals surface area (Å²) in [5.41, 5.74) is 0.507. The molecule has 1 amide bonds. The van der Waals surface area contributed by atoms with Crippen LogP contribution in [0.4, 0.5) is 0 Å². The predicted molar refractivity (Wildman–Crippen MR) is 81.7 cm³/mol. The number of hydrogen-bond acceptors (Lipinski definition) is 1. The van der Waals surface area contributed by atoms with Gasteiger partial charge in [-0.1, -0.05) is 60.6 Å². The van der Waals surface area contributed by atoms with Crippen molar-refractivity contribution in [3.8, 4) is 12.3 Å². The van der Waals surface area contributed by atoms with Gasteiger partial charge in [0.25, 0.3) is 0 Å². The molecule has 0 aliphatic heterocycles. The van der Waals surface area contributed by atoms with E-state index in [2.05, 4.69) is 5.92 Å². The predicted octanol–water partition coefficient (Wildman–Crippen LogP) is 3.17. The smallest absolute Gasteiger partial charge is 0.237 e. The Balaban J connectivity index is 2.18. The minimum Gasteiger partial charge on any atom is -0.326 e. The molecule has 1 aromatic rings. The Bertz CT molecular complexity index is 551. The molecule has 2 heteroatoms. The lowest BCUT2D eigenvalue weighted by molar-refractivity contribution is -0.136. The van der Waals surface area contributed by atoms with E-state index in [4.69, 9.17) is 6.42 Å². The van der Waals surface area contributed by atoms with Gasteiger partial charge in [0.05, 0.1) is 12.0 Å². The molecule has 2 nitrogen and oxygen atoms in total. The molecule has 1 aliphatic rings. The first-order valence-electron chi connectivity index (χ1n) is 6.78. The monoisotopic (exact) mass is 265 g/mol. The van der Waals surface area contributed by atoms with Crippen molar-refractivity contribution in [2.24, 2.45) is 5.41 Å². The second-order valence-electron chi connectivity index (χ2n) is 5.17. The molecule has 20 heavy (non-hydrogen) atoms. The van der Waals surface area contributed by atoms with Crippen LogP contribution in [0.1, 0.15) is 18.9 Å². The van der Waals surface area contributed by atoms with Gasteiger partial charge in [-0.2, -0.15) is 0 Å². The van der Waals surface area contributed by atoms with Crippen LogP contribution >= 0.6 is 0 Å². The van der Waals surface area contributed by atoms with Crippen molar-refractivity contribution in [2.75, 3.05) is 6.54 Å². The number of hydrogen-bond donors (Lipinski definition) is 0. The number of nitrogens with zero attached hydrogens (tertiary/aromatic N) is 1. The second-order valence-corrected chi connectivity index (χ2v) is 5.17. The van der Waals surface area contributed by atoms with Gasteiger partial charge in [-0.15, -0.1) is 6.42 Å². The zero-order valence-corrected chi connectivity index (χ0v) is 11.8. The summed E-state index contributed by atoms with van der Waals surface area (Å²) in [4.78, 5) is 14.5. The summed E-state index contributed by atoms with van der Waals surface area (Å²) in [6, 6.07) is 9.91. The van der Waals surface area contributed by atoms with Crippen LogP contribution in [0, 0.1) is 17.8 Å². The van der Waals surface area contributed by atoms with Gasteiger partial charge in [0.15, 0.2) is 0 Å². The summed E-state index contributed by atoms with van der Waals surface area (Å²) >= 11 is 0. The van der Waals surface area contributed by atoms with Crippen molar-refractivity contribution in [1.29, 1.82) is 0 Å². The van der Waals surface area contributed by atoms with Crippen molar-refractivity contribution >= 4 is 5.91 Å². The Morgan fingerprint density at radius 1 is 1.30 bits per heavy atom. The van der Waals surface area contributed by atoms with E-state index in [1.54, 1.807) is 4.90 Å². The Morgan fingerprint density at radius 3 is 2.55 bits per heavy atom. The van der Waals surface area contributed by atoms with Gasteiger partial charge in [-0.3, -0.25) is 4.79 Å². The van der Waals surface area contributed by atoms with Gasteiger partial charge in [0.2, 0.25) is 5.91 Å². The van der Waals surface area contributed by atoms with Crippen LogP contribution in [0.25, 0.3) is 0 Å². The largest absolute Gasteiger partial charge is 0.326 e. The third kappa shape index (κ3) is 3.19. The van der Waals surface area contributed by atoms with Gasteiger partial charge < -0.3 is 4.90 Å². The van der Waals surface area contributed by atoms with Crippen LogP contribution in [-0.2, 0) is 11.3 Å². The molecule has 0 radical (unpaired) electrons. The maximum Gasteiger partial charge on any atom is 0.237 e. The summed E-state index contributed by atoms with van der Waals surface area (Å²) in [6.07, 6.45) is 14.3. The maximum atomic E-state index is 12.7. The molecule has 1 aromatic carbocycles. The molecule has 0 fully saturated rings. The molecular weight excluding hydrogens is 246 g/mol. The molecule has 0 spiro atoms. The standard InChI is InChI=1S/C18H19NO/c1-3-14-19(15-16-10-6-4-7-11-16)17(20)18(2)12-8-5-9-13-18/h1,4,6-13H,5,14-15H2,2H3. The van der Waals surface area contributed by atoms with E-state index < -0.39 is 5.41 Å². The summed E-state index contributed by atoms with van der Waals surface area (Å²) < 4.78 is 0. The van der Waals surface area contributed by atoms with Crippen LogP contribution in [0.15, 0.2) is 54.6 Å². The van der Waals surface area contributed by atoms with Crippen molar-refractivity contribution in [3.05, 3.63) is 60.2 Å². The summed E-state index contributed by atoms with van der Waals surface area (Å²) in [6.45, 7) is 2.79. The van der Waals surface area contributed by atoms with Crippen molar-refractivity contribution < 1.29 is 4.79 Å². The third-order valence-electron chi connectivity index (χ3n) is 3.45. The van der Waals surface area contributed by atoms with Crippen molar-refractivity contribution in [2.45, 2.75) is 19.9 Å². The van der Waals surface area contributed by atoms with E-state index in [-0.39, 0.29) is 5.91 Å². The van der Waals surface area contributed by atoms with Crippen LogP contribution in [0.2, 0.25) is 0 Å². The van der Waals surface area contributed by atoms with Crippen LogP contribution in [0.5, 0.6) is 0 Å². The maximum absolute atomic E-state index is 12.7. The zero-order valence-electron chi connectivity index (χ0n) is 11.8. The fourth-order valence-electron chi connectivity index (χ4n) is 2.36. The summed E-state index contributed by atoms with van der Waals surface area (Å²) in [5.74, 6) is 2.63. The minimum atomic E-state index is -0.579. The lowest BCUT2D eigenvalue weighted by atomic mass is 9.84. The molecule has 0 saturated heterocycles. The molecular formula is C18H19NO. The second kappa shape index (κ2) is 6.25. The molecule has 0 unspecified atom stereocenters. The lowest BCUT2D eigenvalue weighted by Gasteiger charge is -2.30. The molecule has 0 atom stereocenters. The molecule has 1 aliphatic carbocycles. The average molecular weight is 265 g/mol. The number of amides is 1. The van der Waals surface area contributed by atoms with Gasteiger partial charge in [-0.05, 0) is 18.9 Å².